The third-order valence-electron chi connectivity index (χ3n) is 2.97. The average Bonchev–Trinajstić information content (AvgIpc) is 2.70. The number of methoxy groups -OCH3 is 1. The minimum atomic E-state index is 0.220. The number of benzene rings is 1. The van der Waals surface area contributed by atoms with Crippen molar-refractivity contribution in [2.75, 3.05) is 13.7 Å². The lowest BCUT2D eigenvalue weighted by molar-refractivity contribution is 0.172. The standard InChI is InChI=1S/C12H17NO2/c1-8(7-13)12-6-9-5-10(14-2)3-4-11(9)15-12/h3-5,8,12H,6-7,13H2,1-2H3. The molecular formula is C12H17NO2. The van der Waals surface area contributed by atoms with E-state index in [9.17, 15) is 0 Å². The molecule has 2 rings (SSSR count). The number of rotatable bonds is 3. The van der Waals surface area contributed by atoms with Crippen LogP contribution in [0.1, 0.15) is 12.5 Å². The quantitative estimate of drug-likeness (QED) is 0.818. The van der Waals surface area contributed by atoms with Gasteiger partial charge in [0.2, 0.25) is 0 Å². The Morgan fingerprint density at radius 1 is 1.60 bits per heavy atom. The van der Waals surface area contributed by atoms with Crippen LogP contribution in [0.15, 0.2) is 18.2 Å². The SMILES string of the molecule is COc1ccc2c(c1)CC(C(C)CN)O2. The molecule has 1 heterocycles. The van der Waals surface area contributed by atoms with Crippen LogP contribution in [0.3, 0.4) is 0 Å². The number of fused-ring (bicyclic) bond motifs is 1. The van der Waals surface area contributed by atoms with Crippen molar-refractivity contribution in [1.82, 2.24) is 0 Å². The normalized spacial score (nSPS) is 20.6. The minimum absolute atomic E-state index is 0.220. The summed E-state index contributed by atoms with van der Waals surface area (Å²) in [5.74, 6) is 2.25. The molecule has 0 radical (unpaired) electrons. The average molecular weight is 207 g/mol. The molecule has 3 heteroatoms. The van der Waals surface area contributed by atoms with Crippen LogP contribution in [0.25, 0.3) is 0 Å². The second-order valence-corrected chi connectivity index (χ2v) is 4.05. The van der Waals surface area contributed by atoms with E-state index in [1.807, 2.05) is 18.2 Å². The summed E-state index contributed by atoms with van der Waals surface area (Å²) < 4.78 is 11.0. The highest BCUT2D eigenvalue weighted by molar-refractivity contribution is 5.43. The van der Waals surface area contributed by atoms with Gasteiger partial charge in [0, 0.05) is 17.9 Å². The Hall–Kier alpha value is -1.22. The first-order chi connectivity index (χ1) is 7.24. The van der Waals surface area contributed by atoms with E-state index in [-0.39, 0.29) is 6.10 Å². The van der Waals surface area contributed by atoms with E-state index in [2.05, 4.69) is 6.92 Å². The van der Waals surface area contributed by atoms with Gasteiger partial charge in [0.15, 0.2) is 0 Å². The number of ether oxygens (including phenoxy) is 2. The Morgan fingerprint density at radius 2 is 2.40 bits per heavy atom. The van der Waals surface area contributed by atoms with E-state index in [1.165, 1.54) is 5.56 Å². The van der Waals surface area contributed by atoms with Crippen molar-refractivity contribution in [3.05, 3.63) is 23.8 Å². The van der Waals surface area contributed by atoms with E-state index in [0.29, 0.717) is 12.5 Å². The molecule has 1 aliphatic rings. The van der Waals surface area contributed by atoms with Crippen molar-refractivity contribution in [1.29, 1.82) is 0 Å². The fraction of sp³-hybridized carbons (Fsp3) is 0.500. The van der Waals surface area contributed by atoms with Crippen molar-refractivity contribution in [3.63, 3.8) is 0 Å². The molecule has 0 spiro atoms. The summed E-state index contributed by atoms with van der Waals surface area (Å²) in [6.07, 6.45) is 1.15. The molecule has 0 amide bonds. The van der Waals surface area contributed by atoms with Gasteiger partial charge >= 0.3 is 0 Å². The molecule has 15 heavy (non-hydrogen) atoms. The third-order valence-corrected chi connectivity index (χ3v) is 2.97. The summed E-state index contributed by atoms with van der Waals surface area (Å²) in [7, 11) is 1.68. The van der Waals surface area contributed by atoms with Crippen molar-refractivity contribution >= 4 is 0 Å². The first-order valence-electron chi connectivity index (χ1n) is 5.28. The Labute approximate surface area is 90.2 Å². The fourth-order valence-corrected chi connectivity index (χ4v) is 1.85. The molecule has 2 unspecified atom stereocenters. The number of hydrogen-bond donors (Lipinski definition) is 1. The molecule has 2 N–H and O–H groups in total. The topological polar surface area (TPSA) is 44.5 Å². The lowest BCUT2D eigenvalue weighted by Gasteiger charge is -2.16. The van der Waals surface area contributed by atoms with Crippen LogP contribution in [-0.4, -0.2) is 19.8 Å². The molecule has 3 nitrogen and oxygen atoms in total. The Balaban J connectivity index is 2.16. The molecule has 0 aliphatic carbocycles. The molecule has 0 aromatic heterocycles. The summed E-state index contributed by atoms with van der Waals surface area (Å²) >= 11 is 0. The third kappa shape index (κ3) is 1.92. The van der Waals surface area contributed by atoms with Crippen molar-refractivity contribution in [2.45, 2.75) is 19.4 Å². The zero-order chi connectivity index (χ0) is 10.8. The smallest absolute Gasteiger partial charge is 0.123 e. The van der Waals surface area contributed by atoms with E-state index in [0.717, 1.165) is 17.9 Å². The first-order valence-corrected chi connectivity index (χ1v) is 5.28. The summed E-state index contributed by atoms with van der Waals surface area (Å²) in [6, 6.07) is 5.93. The highest BCUT2D eigenvalue weighted by Gasteiger charge is 2.27. The van der Waals surface area contributed by atoms with Gasteiger partial charge < -0.3 is 15.2 Å². The van der Waals surface area contributed by atoms with Gasteiger partial charge in [-0.2, -0.15) is 0 Å². The summed E-state index contributed by atoms with van der Waals surface area (Å²) in [4.78, 5) is 0. The molecule has 0 saturated carbocycles. The van der Waals surface area contributed by atoms with Gasteiger partial charge in [0.25, 0.3) is 0 Å². The molecule has 0 fully saturated rings. The lowest BCUT2D eigenvalue weighted by atomic mass is 10.00. The molecule has 0 saturated heterocycles. The maximum absolute atomic E-state index is 5.82. The maximum atomic E-state index is 5.82. The van der Waals surface area contributed by atoms with Crippen LogP contribution in [0.2, 0.25) is 0 Å². The van der Waals surface area contributed by atoms with Crippen LogP contribution in [-0.2, 0) is 6.42 Å². The van der Waals surface area contributed by atoms with Crippen molar-refractivity contribution in [2.24, 2.45) is 11.7 Å². The predicted molar refractivity (Wildman–Crippen MR) is 59.3 cm³/mol. The Bertz CT molecular complexity index is 351. The molecule has 82 valence electrons. The molecule has 1 aliphatic heterocycles. The molecule has 1 aromatic rings. The van der Waals surface area contributed by atoms with Gasteiger partial charge in [-0.05, 0) is 24.7 Å². The maximum Gasteiger partial charge on any atom is 0.123 e. The molecule has 2 atom stereocenters. The Kier molecular flexibility index (Phi) is 2.82. The summed E-state index contributed by atoms with van der Waals surface area (Å²) in [6.45, 7) is 2.78. The predicted octanol–water partition coefficient (Wildman–Crippen LogP) is 1.59. The van der Waals surface area contributed by atoms with Gasteiger partial charge in [-0.25, -0.2) is 0 Å². The number of hydrogen-bond acceptors (Lipinski definition) is 3. The second kappa shape index (κ2) is 4.11. The van der Waals surface area contributed by atoms with Crippen LogP contribution in [0, 0.1) is 5.92 Å². The van der Waals surface area contributed by atoms with Gasteiger partial charge in [0.1, 0.15) is 17.6 Å². The largest absolute Gasteiger partial charge is 0.497 e. The van der Waals surface area contributed by atoms with Gasteiger partial charge in [-0.1, -0.05) is 6.92 Å². The minimum Gasteiger partial charge on any atom is -0.497 e. The highest BCUT2D eigenvalue weighted by Crippen LogP contribution is 2.33. The van der Waals surface area contributed by atoms with Crippen LogP contribution >= 0.6 is 0 Å². The molecule has 0 bridgehead atoms. The van der Waals surface area contributed by atoms with Gasteiger partial charge in [-0.15, -0.1) is 0 Å². The number of nitrogens with two attached hydrogens (primary N) is 1. The van der Waals surface area contributed by atoms with Crippen LogP contribution < -0.4 is 15.2 Å². The monoisotopic (exact) mass is 207 g/mol. The van der Waals surface area contributed by atoms with Gasteiger partial charge in [-0.3, -0.25) is 0 Å². The summed E-state index contributed by atoms with van der Waals surface area (Å²) in [5.41, 5.74) is 6.86. The van der Waals surface area contributed by atoms with E-state index >= 15 is 0 Å². The zero-order valence-corrected chi connectivity index (χ0v) is 9.19. The van der Waals surface area contributed by atoms with Crippen LogP contribution in [0.4, 0.5) is 0 Å². The fourth-order valence-electron chi connectivity index (χ4n) is 1.85. The van der Waals surface area contributed by atoms with Gasteiger partial charge in [0.05, 0.1) is 7.11 Å². The first kappa shape index (κ1) is 10.3. The zero-order valence-electron chi connectivity index (χ0n) is 9.19. The van der Waals surface area contributed by atoms with E-state index < -0.39 is 0 Å². The second-order valence-electron chi connectivity index (χ2n) is 4.05. The highest BCUT2D eigenvalue weighted by atomic mass is 16.5. The van der Waals surface area contributed by atoms with Crippen molar-refractivity contribution in [3.8, 4) is 11.5 Å². The lowest BCUT2D eigenvalue weighted by Crippen LogP contribution is -2.28. The van der Waals surface area contributed by atoms with E-state index in [1.54, 1.807) is 7.11 Å². The molecular weight excluding hydrogens is 190 g/mol. The summed E-state index contributed by atoms with van der Waals surface area (Å²) in [5, 5.41) is 0. The van der Waals surface area contributed by atoms with Crippen molar-refractivity contribution < 1.29 is 9.47 Å². The van der Waals surface area contributed by atoms with E-state index in [4.69, 9.17) is 15.2 Å². The molecule has 1 aromatic carbocycles. The Morgan fingerprint density at radius 3 is 3.07 bits per heavy atom. The van der Waals surface area contributed by atoms with Crippen LogP contribution in [0.5, 0.6) is 11.5 Å².